The zero-order chi connectivity index (χ0) is 17.2. The first-order valence-electron chi connectivity index (χ1n) is 8.78. The molecule has 0 spiro atoms. The van der Waals surface area contributed by atoms with Crippen molar-refractivity contribution >= 4 is 11.8 Å². The summed E-state index contributed by atoms with van der Waals surface area (Å²) in [5.41, 5.74) is -0.206. The molecule has 0 bridgehead atoms. The maximum absolute atomic E-state index is 12.3. The smallest absolute Gasteiger partial charge is 0.237 e. The molecule has 2 amide bonds. The monoisotopic (exact) mass is 324 g/mol. The minimum atomic E-state index is -0.206. The molecule has 2 rings (SSSR count). The summed E-state index contributed by atoms with van der Waals surface area (Å²) in [6.45, 7) is 13.2. The highest BCUT2D eigenvalue weighted by atomic mass is 16.2. The molecule has 1 aliphatic carbocycles. The van der Waals surface area contributed by atoms with Gasteiger partial charge in [0.25, 0.3) is 0 Å². The molecule has 1 aliphatic heterocycles. The molecule has 2 fully saturated rings. The Hall–Kier alpha value is -1.14. The Morgan fingerprint density at radius 2 is 1.35 bits per heavy atom. The van der Waals surface area contributed by atoms with Gasteiger partial charge < -0.3 is 10.6 Å². The molecular weight excluding hydrogens is 292 g/mol. The summed E-state index contributed by atoms with van der Waals surface area (Å²) in [5, 5.41) is 6.11. The maximum atomic E-state index is 12.3. The highest BCUT2D eigenvalue weighted by molar-refractivity contribution is 5.82. The molecule has 23 heavy (non-hydrogen) atoms. The Labute approximate surface area is 140 Å². The number of piperazine rings is 1. The second-order valence-electron chi connectivity index (χ2n) is 7.95. The van der Waals surface area contributed by atoms with E-state index in [1.54, 1.807) is 0 Å². The second kappa shape index (κ2) is 7.18. The molecule has 2 unspecified atom stereocenters. The number of carbonyl (C=O) groups is 2. The number of rotatable bonds is 5. The number of hydrogen-bond acceptors (Lipinski definition) is 4. The summed E-state index contributed by atoms with van der Waals surface area (Å²) in [5.74, 6) is 0.213. The number of carbonyl (C=O) groups excluding carboxylic acids is 2. The molecule has 132 valence electrons. The van der Waals surface area contributed by atoms with Gasteiger partial charge in [0.2, 0.25) is 11.8 Å². The lowest BCUT2D eigenvalue weighted by molar-refractivity contribution is -0.130. The minimum absolute atomic E-state index is 0.0745. The lowest BCUT2D eigenvalue weighted by Crippen LogP contribution is -2.58. The van der Waals surface area contributed by atoms with E-state index in [1.165, 1.54) is 0 Å². The van der Waals surface area contributed by atoms with Gasteiger partial charge in [0.15, 0.2) is 0 Å². The van der Waals surface area contributed by atoms with Gasteiger partial charge in [-0.1, -0.05) is 0 Å². The van der Waals surface area contributed by atoms with E-state index in [-0.39, 0.29) is 29.4 Å². The Balaban J connectivity index is 1.78. The van der Waals surface area contributed by atoms with Gasteiger partial charge in [-0.15, -0.1) is 0 Å². The van der Waals surface area contributed by atoms with Crippen molar-refractivity contribution in [1.29, 1.82) is 0 Å². The van der Waals surface area contributed by atoms with Gasteiger partial charge >= 0.3 is 0 Å². The first-order valence-corrected chi connectivity index (χ1v) is 8.78. The van der Waals surface area contributed by atoms with Crippen molar-refractivity contribution in [3.8, 4) is 0 Å². The van der Waals surface area contributed by atoms with E-state index in [4.69, 9.17) is 0 Å². The average molecular weight is 324 g/mol. The molecular formula is C17H32N4O2. The molecule has 0 aromatic carbocycles. The van der Waals surface area contributed by atoms with Crippen LogP contribution < -0.4 is 10.6 Å². The van der Waals surface area contributed by atoms with Gasteiger partial charge in [-0.25, -0.2) is 0 Å². The molecule has 1 saturated carbocycles. The van der Waals surface area contributed by atoms with Crippen molar-refractivity contribution in [3.05, 3.63) is 0 Å². The second-order valence-corrected chi connectivity index (χ2v) is 7.95. The Kier molecular flexibility index (Phi) is 5.68. The highest BCUT2D eigenvalue weighted by Crippen LogP contribution is 2.19. The third kappa shape index (κ3) is 5.46. The fraction of sp³-hybridized carbons (Fsp3) is 0.882. The van der Waals surface area contributed by atoms with Crippen molar-refractivity contribution in [3.63, 3.8) is 0 Å². The van der Waals surface area contributed by atoms with Crippen LogP contribution in [0.2, 0.25) is 0 Å². The van der Waals surface area contributed by atoms with Gasteiger partial charge in [-0.2, -0.15) is 0 Å². The fourth-order valence-electron chi connectivity index (χ4n) is 2.87. The van der Waals surface area contributed by atoms with Crippen LogP contribution in [-0.4, -0.2) is 71.5 Å². The van der Waals surface area contributed by atoms with Crippen LogP contribution in [0.25, 0.3) is 0 Å². The van der Waals surface area contributed by atoms with Gasteiger partial charge in [0.05, 0.1) is 12.1 Å². The van der Waals surface area contributed by atoms with Gasteiger partial charge in [0.1, 0.15) is 0 Å². The van der Waals surface area contributed by atoms with Crippen LogP contribution >= 0.6 is 0 Å². The van der Waals surface area contributed by atoms with Crippen molar-refractivity contribution in [2.24, 2.45) is 0 Å². The fourth-order valence-corrected chi connectivity index (χ4v) is 2.87. The number of nitrogens with one attached hydrogen (secondary N) is 2. The summed E-state index contributed by atoms with van der Waals surface area (Å²) in [6, 6.07) is 0.191. The molecule has 2 atom stereocenters. The van der Waals surface area contributed by atoms with Crippen LogP contribution in [0.5, 0.6) is 0 Å². The molecule has 1 heterocycles. The summed E-state index contributed by atoms with van der Waals surface area (Å²) < 4.78 is 0. The summed E-state index contributed by atoms with van der Waals surface area (Å²) in [4.78, 5) is 28.8. The van der Waals surface area contributed by atoms with Crippen molar-refractivity contribution in [1.82, 2.24) is 20.4 Å². The molecule has 6 nitrogen and oxygen atoms in total. The Morgan fingerprint density at radius 1 is 0.913 bits per heavy atom. The summed E-state index contributed by atoms with van der Waals surface area (Å²) >= 11 is 0. The molecule has 0 aromatic rings. The van der Waals surface area contributed by atoms with Crippen molar-refractivity contribution in [2.45, 2.75) is 71.1 Å². The molecule has 2 N–H and O–H groups in total. The predicted molar refractivity (Wildman–Crippen MR) is 91.1 cm³/mol. The van der Waals surface area contributed by atoms with Crippen LogP contribution in [0.1, 0.15) is 47.5 Å². The molecule has 1 saturated heterocycles. The quantitative estimate of drug-likeness (QED) is 0.776. The lowest BCUT2D eigenvalue weighted by atomic mass is 10.1. The average Bonchev–Trinajstić information content (AvgIpc) is 3.28. The van der Waals surface area contributed by atoms with Gasteiger partial charge in [-0.3, -0.25) is 19.4 Å². The SMILES string of the molecule is CC(C(=O)NC1CC1)N1CCN(C(C)C(=O)NC(C)(C)C)CC1. The van der Waals surface area contributed by atoms with Crippen LogP contribution in [0.3, 0.4) is 0 Å². The normalized spacial score (nSPS) is 23.2. The minimum Gasteiger partial charge on any atom is -0.352 e. The van der Waals surface area contributed by atoms with Crippen LogP contribution in [0, 0.1) is 0 Å². The standard InChI is InChI=1S/C17H32N4O2/c1-12(15(22)18-14-6-7-14)20-8-10-21(11-9-20)13(2)16(23)19-17(3,4)5/h12-14H,6-11H2,1-5H3,(H,18,22)(H,19,23). The maximum Gasteiger partial charge on any atom is 0.237 e. The zero-order valence-corrected chi connectivity index (χ0v) is 15.2. The molecule has 6 heteroatoms. The first-order chi connectivity index (χ1) is 10.7. The number of nitrogens with zero attached hydrogens (tertiary/aromatic N) is 2. The van der Waals surface area contributed by atoms with Gasteiger partial charge in [0, 0.05) is 37.8 Å². The van der Waals surface area contributed by atoms with Crippen LogP contribution in [-0.2, 0) is 9.59 Å². The van der Waals surface area contributed by atoms with Crippen molar-refractivity contribution in [2.75, 3.05) is 26.2 Å². The van der Waals surface area contributed by atoms with Crippen molar-refractivity contribution < 1.29 is 9.59 Å². The van der Waals surface area contributed by atoms with E-state index >= 15 is 0 Å². The summed E-state index contributed by atoms with van der Waals surface area (Å²) in [6.07, 6.45) is 2.24. The van der Waals surface area contributed by atoms with E-state index in [0.717, 1.165) is 39.0 Å². The first kappa shape index (κ1) is 18.2. The number of hydrogen-bond donors (Lipinski definition) is 2. The highest BCUT2D eigenvalue weighted by Gasteiger charge is 2.32. The van der Waals surface area contributed by atoms with E-state index in [1.807, 2.05) is 34.6 Å². The van der Waals surface area contributed by atoms with Crippen LogP contribution in [0.4, 0.5) is 0 Å². The Morgan fingerprint density at radius 3 is 1.74 bits per heavy atom. The Bertz CT molecular complexity index is 434. The van der Waals surface area contributed by atoms with E-state index < -0.39 is 0 Å². The molecule has 0 aromatic heterocycles. The third-order valence-corrected chi connectivity index (χ3v) is 4.63. The largest absolute Gasteiger partial charge is 0.352 e. The van der Waals surface area contributed by atoms with Crippen LogP contribution in [0.15, 0.2) is 0 Å². The number of amides is 2. The zero-order valence-electron chi connectivity index (χ0n) is 15.2. The molecule has 2 aliphatic rings. The lowest BCUT2D eigenvalue weighted by Gasteiger charge is -2.40. The predicted octanol–water partition coefficient (Wildman–Crippen LogP) is 0.574. The van der Waals surface area contributed by atoms with E-state index in [0.29, 0.717) is 6.04 Å². The third-order valence-electron chi connectivity index (χ3n) is 4.63. The topological polar surface area (TPSA) is 64.7 Å². The summed E-state index contributed by atoms with van der Waals surface area (Å²) in [7, 11) is 0. The van der Waals surface area contributed by atoms with E-state index in [2.05, 4.69) is 20.4 Å². The molecule has 0 radical (unpaired) electrons. The van der Waals surface area contributed by atoms with E-state index in [9.17, 15) is 9.59 Å². The van der Waals surface area contributed by atoms with Gasteiger partial charge in [-0.05, 0) is 47.5 Å².